The zero-order valence-corrected chi connectivity index (χ0v) is 14.5. The molecule has 1 fully saturated rings. The highest BCUT2D eigenvalue weighted by atomic mass is 127. The summed E-state index contributed by atoms with van der Waals surface area (Å²) in [4.78, 5) is 4.52. The third kappa shape index (κ3) is 3.35. The van der Waals surface area contributed by atoms with Crippen molar-refractivity contribution in [3.63, 3.8) is 0 Å². The lowest BCUT2D eigenvalue weighted by atomic mass is 10.1. The first-order valence-corrected chi connectivity index (χ1v) is 8.82. The van der Waals surface area contributed by atoms with E-state index < -0.39 is 0 Å². The van der Waals surface area contributed by atoms with Gasteiger partial charge in [-0.3, -0.25) is 0 Å². The molecule has 2 heterocycles. The number of fused-ring (bicyclic) bond motifs is 1. The van der Waals surface area contributed by atoms with Crippen LogP contribution in [0.4, 0.5) is 4.39 Å². The lowest BCUT2D eigenvalue weighted by Crippen LogP contribution is -2.21. The van der Waals surface area contributed by atoms with Crippen LogP contribution in [0.5, 0.6) is 0 Å². The first kappa shape index (κ1) is 15.5. The van der Waals surface area contributed by atoms with Gasteiger partial charge in [-0.05, 0) is 54.3 Å². The fourth-order valence-electron chi connectivity index (χ4n) is 2.83. The maximum Gasteiger partial charge on any atom is 0.138 e. The minimum atomic E-state index is -0.209. The quantitative estimate of drug-likeness (QED) is 0.537. The average molecular weight is 423 g/mol. The molecule has 1 saturated heterocycles. The molecule has 3 rings (SSSR count). The van der Waals surface area contributed by atoms with Crippen LogP contribution >= 0.6 is 34.2 Å². The van der Waals surface area contributed by atoms with Gasteiger partial charge in [-0.25, -0.2) is 9.37 Å². The molecule has 0 N–H and O–H groups in total. The van der Waals surface area contributed by atoms with Crippen molar-refractivity contribution in [3.05, 3.63) is 27.3 Å². The van der Waals surface area contributed by atoms with Crippen LogP contribution in [0.15, 0.2) is 12.1 Å². The molecule has 0 saturated carbocycles. The van der Waals surface area contributed by atoms with Gasteiger partial charge < -0.3 is 9.30 Å². The second-order valence-electron chi connectivity index (χ2n) is 5.35. The fraction of sp³-hybridized carbons (Fsp3) is 0.533. The van der Waals surface area contributed by atoms with Gasteiger partial charge in [-0.2, -0.15) is 0 Å². The number of hydrogen-bond donors (Lipinski definition) is 0. The van der Waals surface area contributed by atoms with Crippen LogP contribution in [-0.4, -0.2) is 22.3 Å². The standard InChI is InChI=1S/C15H17ClFIN2O/c16-9-15-19-13-8-12(18)11(17)7-14(13)20(15)5-4-10-3-1-2-6-21-10/h7-8,10H,1-6,9H2. The van der Waals surface area contributed by atoms with Crippen molar-refractivity contribution >= 4 is 45.2 Å². The molecule has 3 nitrogen and oxygen atoms in total. The Morgan fingerprint density at radius 2 is 2.29 bits per heavy atom. The number of halogens is 3. The number of rotatable bonds is 4. The highest BCUT2D eigenvalue weighted by Crippen LogP contribution is 2.24. The normalized spacial score (nSPS) is 19.3. The Morgan fingerprint density at radius 1 is 1.43 bits per heavy atom. The van der Waals surface area contributed by atoms with Crippen molar-refractivity contribution in [1.82, 2.24) is 9.55 Å². The van der Waals surface area contributed by atoms with Gasteiger partial charge in [0, 0.05) is 19.2 Å². The number of nitrogens with zero attached hydrogens (tertiary/aromatic N) is 2. The van der Waals surface area contributed by atoms with Crippen LogP contribution < -0.4 is 0 Å². The molecule has 21 heavy (non-hydrogen) atoms. The van der Waals surface area contributed by atoms with Gasteiger partial charge in [0.1, 0.15) is 11.6 Å². The Kier molecular flexibility index (Phi) is 5.01. The van der Waals surface area contributed by atoms with E-state index >= 15 is 0 Å². The number of aromatic nitrogens is 2. The summed E-state index contributed by atoms with van der Waals surface area (Å²) in [6.45, 7) is 1.62. The van der Waals surface area contributed by atoms with Gasteiger partial charge >= 0.3 is 0 Å². The minimum Gasteiger partial charge on any atom is -0.378 e. The third-order valence-electron chi connectivity index (χ3n) is 3.94. The topological polar surface area (TPSA) is 27.1 Å². The average Bonchev–Trinajstić information content (AvgIpc) is 2.83. The number of imidazole rings is 1. The maximum absolute atomic E-state index is 13.8. The molecule has 0 bridgehead atoms. The summed E-state index contributed by atoms with van der Waals surface area (Å²) >= 11 is 7.98. The second-order valence-corrected chi connectivity index (χ2v) is 6.78. The maximum atomic E-state index is 13.8. The Morgan fingerprint density at radius 3 is 3.00 bits per heavy atom. The summed E-state index contributed by atoms with van der Waals surface area (Å²) < 4.78 is 22.2. The van der Waals surface area contributed by atoms with Gasteiger partial charge in [0.25, 0.3) is 0 Å². The van der Waals surface area contributed by atoms with Crippen LogP contribution in [0.25, 0.3) is 11.0 Å². The predicted molar refractivity (Wildman–Crippen MR) is 90.2 cm³/mol. The fourth-order valence-corrected chi connectivity index (χ4v) is 3.48. The lowest BCUT2D eigenvalue weighted by molar-refractivity contribution is 0.00889. The zero-order chi connectivity index (χ0) is 14.8. The van der Waals surface area contributed by atoms with Crippen molar-refractivity contribution in [1.29, 1.82) is 0 Å². The third-order valence-corrected chi connectivity index (χ3v) is 5.00. The van der Waals surface area contributed by atoms with E-state index in [1.54, 1.807) is 12.1 Å². The van der Waals surface area contributed by atoms with E-state index in [1.807, 2.05) is 27.2 Å². The largest absolute Gasteiger partial charge is 0.378 e. The van der Waals surface area contributed by atoms with E-state index in [0.29, 0.717) is 15.6 Å². The van der Waals surface area contributed by atoms with Gasteiger partial charge in [-0.15, -0.1) is 11.6 Å². The Labute approximate surface area is 142 Å². The van der Waals surface area contributed by atoms with E-state index in [-0.39, 0.29) is 5.82 Å². The van der Waals surface area contributed by atoms with Gasteiger partial charge in [-0.1, -0.05) is 0 Å². The summed E-state index contributed by atoms with van der Waals surface area (Å²) in [5.41, 5.74) is 1.63. The van der Waals surface area contributed by atoms with Crippen LogP contribution in [0, 0.1) is 9.39 Å². The molecule has 114 valence electrons. The molecule has 6 heteroatoms. The molecule has 1 aliphatic rings. The van der Waals surface area contributed by atoms with Crippen LogP contribution in [0.1, 0.15) is 31.5 Å². The number of alkyl halides is 1. The molecule has 0 spiro atoms. The van der Waals surface area contributed by atoms with Crippen LogP contribution in [-0.2, 0) is 17.2 Å². The van der Waals surface area contributed by atoms with Crippen molar-refractivity contribution in [3.8, 4) is 0 Å². The molecule has 2 aromatic rings. The van der Waals surface area contributed by atoms with E-state index in [4.69, 9.17) is 16.3 Å². The number of benzene rings is 1. The van der Waals surface area contributed by atoms with Crippen LogP contribution in [0.2, 0.25) is 0 Å². The van der Waals surface area contributed by atoms with Crippen molar-refractivity contribution < 1.29 is 9.13 Å². The highest BCUT2D eigenvalue weighted by Gasteiger charge is 2.17. The summed E-state index contributed by atoms with van der Waals surface area (Å²) in [5.74, 6) is 0.918. The molecule has 0 amide bonds. The molecule has 1 aromatic carbocycles. The highest BCUT2D eigenvalue weighted by molar-refractivity contribution is 14.1. The van der Waals surface area contributed by atoms with Gasteiger partial charge in [0.2, 0.25) is 0 Å². The summed E-state index contributed by atoms with van der Waals surface area (Å²) in [6, 6.07) is 3.33. The van der Waals surface area contributed by atoms with Gasteiger partial charge in [0.05, 0.1) is 26.6 Å². The molecule has 0 radical (unpaired) electrons. The number of ether oxygens (including phenoxy) is 1. The summed E-state index contributed by atoms with van der Waals surface area (Å²) in [7, 11) is 0. The molecule has 1 aromatic heterocycles. The monoisotopic (exact) mass is 422 g/mol. The van der Waals surface area contributed by atoms with E-state index in [1.165, 1.54) is 6.42 Å². The first-order chi connectivity index (χ1) is 10.2. The lowest BCUT2D eigenvalue weighted by Gasteiger charge is -2.23. The second kappa shape index (κ2) is 6.79. The molecule has 1 unspecified atom stereocenters. The van der Waals surface area contributed by atoms with E-state index in [2.05, 4.69) is 4.98 Å². The van der Waals surface area contributed by atoms with Crippen LogP contribution in [0.3, 0.4) is 0 Å². The van der Waals surface area contributed by atoms with Crippen molar-refractivity contribution in [2.24, 2.45) is 0 Å². The Hall–Kier alpha value is -0.400. The molecule has 1 aliphatic heterocycles. The number of aryl methyl sites for hydroxylation is 1. The minimum absolute atomic E-state index is 0.209. The van der Waals surface area contributed by atoms with Crippen molar-refractivity contribution in [2.45, 2.75) is 44.2 Å². The molecule has 0 aliphatic carbocycles. The van der Waals surface area contributed by atoms with Crippen molar-refractivity contribution in [2.75, 3.05) is 6.61 Å². The summed E-state index contributed by atoms with van der Waals surface area (Å²) in [6.07, 6.45) is 4.71. The molecular weight excluding hydrogens is 406 g/mol. The Balaban J connectivity index is 1.86. The summed E-state index contributed by atoms with van der Waals surface area (Å²) in [5, 5.41) is 0. The first-order valence-electron chi connectivity index (χ1n) is 7.21. The Bertz CT molecular complexity index is 640. The predicted octanol–water partition coefficient (Wildman–Crippen LogP) is 4.48. The van der Waals surface area contributed by atoms with E-state index in [9.17, 15) is 4.39 Å². The molecule has 1 atom stereocenters. The molecular formula is C15H17ClFIN2O. The van der Waals surface area contributed by atoms with E-state index in [0.717, 1.165) is 49.3 Å². The van der Waals surface area contributed by atoms with Gasteiger partial charge in [0.15, 0.2) is 0 Å². The SMILES string of the molecule is Fc1cc2c(cc1I)nc(CCl)n2CCC1CCCCO1. The number of hydrogen-bond acceptors (Lipinski definition) is 2. The smallest absolute Gasteiger partial charge is 0.138 e. The zero-order valence-electron chi connectivity index (χ0n) is 11.6.